The smallest absolute Gasteiger partial charge is 0.307 e. The first-order chi connectivity index (χ1) is 7.35. The maximum Gasteiger partial charge on any atom is 0.307 e. The van der Waals surface area contributed by atoms with E-state index in [9.17, 15) is 4.79 Å². The van der Waals surface area contributed by atoms with Gasteiger partial charge in [-0.15, -0.1) is 0 Å². The zero-order valence-electron chi connectivity index (χ0n) is 11.6. The topological polar surface area (TPSA) is 38.3 Å². The Balaban J connectivity index is 4.72. The van der Waals surface area contributed by atoms with E-state index in [4.69, 9.17) is 4.74 Å². The average Bonchev–Trinajstić information content (AvgIpc) is 2.15. The number of nitrogens with one attached hydrogen (secondary N) is 1. The molecule has 3 nitrogen and oxygen atoms in total. The fourth-order valence-corrected chi connectivity index (χ4v) is 2.43. The van der Waals surface area contributed by atoms with Crippen molar-refractivity contribution < 1.29 is 9.53 Å². The number of ether oxygens (including phenoxy) is 1. The first-order valence-electron chi connectivity index (χ1n) is 6.11. The lowest BCUT2D eigenvalue weighted by Gasteiger charge is -2.36. The number of hydrogen-bond acceptors (Lipinski definition) is 3. The third kappa shape index (κ3) is 5.50. The molecule has 3 heteroatoms. The number of methoxy groups -OCH3 is 1. The quantitative estimate of drug-likeness (QED) is 0.682. The minimum atomic E-state index is -0.129. The Hall–Kier alpha value is -0.570. The lowest BCUT2D eigenvalue weighted by atomic mass is 9.79. The summed E-state index contributed by atoms with van der Waals surface area (Å²) in [4.78, 5) is 11.5. The van der Waals surface area contributed by atoms with Crippen molar-refractivity contribution >= 4 is 5.97 Å². The Morgan fingerprint density at radius 1 is 1.19 bits per heavy atom. The van der Waals surface area contributed by atoms with E-state index in [2.05, 4.69) is 33.0 Å². The number of esters is 1. The zero-order chi connectivity index (χ0) is 12.8. The third-order valence-corrected chi connectivity index (χ3v) is 2.84. The summed E-state index contributed by atoms with van der Waals surface area (Å²) in [6.45, 7) is 8.74. The maximum absolute atomic E-state index is 11.5. The summed E-state index contributed by atoms with van der Waals surface area (Å²) in [6.07, 6.45) is 2.45. The number of hydrogen-bond donors (Lipinski definition) is 1. The summed E-state index contributed by atoms with van der Waals surface area (Å²) in [5.74, 6) is 1.00. The predicted molar refractivity (Wildman–Crippen MR) is 67.3 cm³/mol. The highest BCUT2D eigenvalue weighted by Gasteiger charge is 2.32. The van der Waals surface area contributed by atoms with Crippen molar-refractivity contribution in [3.8, 4) is 0 Å². The number of rotatable bonds is 7. The Bertz CT molecular complexity index is 202. The number of carbonyl (C=O) groups excluding carboxylic acids is 1. The largest absolute Gasteiger partial charge is 0.469 e. The highest BCUT2D eigenvalue weighted by Crippen LogP contribution is 2.28. The molecule has 16 heavy (non-hydrogen) atoms. The van der Waals surface area contributed by atoms with Crippen LogP contribution < -0.4 is 5.32 Å². The molecule has 1 N–H and O–H groups in total. The van der Waals surface area contributed by atoms with Crippen LogP contribution in [-0.4, -0.2) is 25.7 Å². The lowest BCUT2D eigenvalue weighted by molar-refractivity contribution is -0.142. The number of carbonyl (C=O) groups is 1. The van der Waals surface area contributed by atoms with Gasteiger partial charge in [-0.3, -0.25) is 4.79 Å². The zero-order valence-corrected chi connectivity index (χ0v) is 11.6. The standard InChI is InChI=1S/C13H27NO2/c1-10(2)7-13(14-5,8-11(3)4)9-12(15)16-6/h10-11,14H,7-9H2,1-6H3. The van der Waals surface area contributed by atoms with Crippen molar-refractivity contribution in [1.82, 2.24) is 5.32 Å². The van der Waals surface area contributed by atoms with Gasteiger partial charge in [-0.1, -0.05) is 27.7 Å². The molecule has 0 aromatic rings. The summed E-state index contributed by atoms with van der Waals surface area (Å²) in [5, 5.41) is 3.34. The normalized spacial score (nSPS) is 12.2. The summed E-state index contributed by atoms with van der Waals surface area (Å²) >= 11 is 0. The molecule has 0 aromatic heterocycles. The Kier molecular flexibility index (Phi) is 6.65. The molecular weight excluding hydrogens is 202 g/mol. The van der Waals surface area contributed by atoms with Crippen LogP contribution in [0, 0.1) is 11.8 Å². The van der Waals surface area contributed by atoms with Crippen LogP contribution in [-0.2, 0) is 9.53 Å². The maximum atomic E-state index is 11.5. The van der Waals surface area contributed by atoms with Crippen molar-refractivity contribution in [3.63, 3.8) is 0 Å². The second-order valence-corrected chi connectivity index (χ2v) is 5.48. The van der Waals surface area contributed by atoms with Gasteiger partial charge in [0.1, 0.15) is 0 Å². The van der Waals surface area contributed by atoms with Crippen molar-refractivity contribution in [1.29, 1.82) is 0 Å². The van der Waals surface area contributed by atoms with Gasteiger partial charge in [-0.2, -0.15) is 0 Å². The van der Waals surface area contributed by atoms with E-state index < -0.39 is 0 Å². The summed E-state index contributed by atoms with van der Waals surface area (Å²) in [7, 11) is 3.39. The van der Waals surface area contributed by atoms with Gasteiger partial charge in [0.15, 0.2) is 0 Å². The minimum Gasteiger partial charge on any atom is -0.469 e. The van der Waals surface area contributed by atoms with E-state index in [0.717, 1.165) is 12.8 Å². The predicted octanol–water partition coefficient (Wildman–Crippen LogP) is 2.60. The van der Waals surface area contributed by atoms with E-state index in [1.807, 2.05) is 7.05 Å². The van der Waals surface area contributed by atoms with Gasteiger partial charge < -0.3 is 10.1 Å². The molecule has 0 aliphatic rings. The summed E-state index contributed by atoms with van der Waals surface area (Å²) < 4.78 is 4.79. The van der Waals surface area contributed by atoms with Crippen LogP contribution in [0.5, 0.6) is 0 Å². The van der Waals surface area contributed by atoms with Gasteiger partial charge in [-0.05, 0) is 31.7 Å². The molecule has 0 bridgehead atoms. The van der Waals surface area contributed by atoms with Crippen LogP contribution >= 0.6 is 0 Å². The molecule has 0 aliphatic heterocycles. The van der Waals surface area contributed by atoms with E-state index in [1.54, 1.807) is 0 Å². The summed E-state index contributed by atoms with van der Waals surface area (Å²) in [6, 6.07) is 0. The molecule has 96 valence electrons. The van der Waals surface area contributed by atoms with E-state index in [1.165, 1.54) is 7.11 Å². The minimum absolute atomic E-state index is 0.116. The molecule has 0 aliphatic carbocycles. The molecule has 0 saturated carbocycles. The Morgan fingerprint density at radius 3 is 1.88 bits per heavy atom. The van der Waals surface area contributed by atoms with Gasteiger partial charge in [0.25, 0.3) is 0 Å². The Labute approximate surface area is 99.9 Å². The molecular formula is C13H27NO2. The van der Waals surface area contributed by atoms with Crippen LogP contribution in [0.4, 0.5) is 0 Å². The molecule has 0 saturated heterocycles. The van der Waals surface area contributed by atoms with Gasteiger partial charge in [-0.25, -0.2) is 0 Å². The van der Waals surface area contributed by atoms with Crippen LogP contribution in [0.1, 0.15) is 47.0 Å². The van der Waals surface area contributed by atoms with Gasteiger partial charge in [0.05, 0.1) is 13.5 Å². The van der Waals surface area contributed by atoms with Crippen LogP contribution in [0.15, 0.2) is 0 Å². The molecule has 0 aromatic carbocycles. The SMILES string of the molecule is CNC(CC(=O)OC)(CC(C)C)CC(C)C. The van der Waals surface area contributed by atoms with Crippen LogP contribution in [0.3, 0.4) is 0 Å². The highest BCUT2D eigenvalue weighted by molar-refractivity contribution is 5.70. The molecule has 0 amide bonds. The first kappa shape index (κ1) is 15.4. The van der Waals surface area contributed by atoms with Crippen molar-refractivity contribution in [3.05, 3.63) is 0 Å². The van der Waals surface area contributed by atoms with Crippen molar-refractivity contribution in [2.24, 2.45) is 11.8 Å². The van der Waals surface area contributed by atoms with E-state index in [0.29, 0.717) is 18.3 Å². The molecule has 0 fully saturated rings. The fourth-order valence-electron chi connectivity index (χ4n) is 2.43. The van der Waals surface area contributed by atoms with Gasteiger partial charge >= 0.3 is 5.97 Å². The second-order valence-electron chi connectivity index (χ2n) is 5.48. The highest BCUT2D eigenvalue weighted by atomic mass is 16.5. The molecule has 0 heterocycles. The molecule has 0 atom stereocenters. The Morgan fingerprint density at radius 2 is 1.62 bits per heavy atom. The first-order valence-corrected chi connectivity index (χ1v) is 6.11. The van der Waals surface area contributed by atoms with Gasteiger partial charge in [0.2, 0.25) is 0 Å². The molecule has 0 spiro atoms. The fraction of sp³-hybridized carbons (Fsp3) is 0.923. The van der Waals surface area contributed by atoms with E-state index >= 15 is 0 Å². The van der Waals surface area contributed by atoms with E-state index in [-0.39, 0.29) is 11.5 Å². The average molecular weight is 229 g/mol. The molecule has 0 rings (SSSR count). The van der Waals surface area contributed by atoms with Crippen LogP contribution in [0.2, 0.25) is 0 Å². The van der Waals surface area contributed by atoms with Crippen molar-refractivity contribution in [2.75, 3.05) is 14.2 Å². The van der Waals surface area contributed by atoms with Crippen molar-refractivity contribution in [2.45, 2.75) is 52.5 Å². The van der Waals surface area contributed by atoms with Crippen LogP contribution in [0.25, 0.3) is 0 Å². The second kappa shape index (κ2) is 6.89. The molecule has 0 unspecified atom stereocenters. The van der Waals surface area contributed by atoms with Gasteiger partial charge in [0, 0.05) is 5.54 Å². The monoisotopic (exact) mass is 229 g/mol. The summed E-state index contributed by atoms with van der Waals surface area (Å²) in [5.41, 5.74) is -0.116. The lowest BCUT2D eigenvalue weighted by Crippen LogP contribution is -2.47. The third-order valence-electron chi connectivity index (χ3n) is 2.84. The molecule has 0 radical (unpaired) electrons.